The van der Waals surface area contributed by atoms with Gasteiger partial charge in [-0.15, -0.1) is 0 Å². The monoisotopic (exact) mass is 514 g/mol. The van der Waals surface area contributed by atoms with E-state index in [4.69, 9.17) is 4.74 Å². The van der Waals surface area contributed by atoms with Crippen molar-refractivity contribution < 1.29 is 9.13 Å². The Labute approximate surface area is 224 Å². The molecule has 1 aromatic rings. The van der Waals surface area contributed by atoms with Crippen molar-refractivity contribution in [2.24, 2.45) is 23.2 Å². The van der Waals surface area contributed by atoms with Crippen molar-refractivity contribution in [1.82, 2.24) is 4.90 Å². The smallest absolute Gasteiger partial charge is 0.238 e. The van der Waals surface area contributed by atoms with Gasteiger partial charge in [0.1, 0.15) is 5.75 Å². The van der Waals surface area contributed by atoms with Crippen LogP contribution in [0.4, 0.5) is 4.39 Å². The molecule has 200 valence electrons. The molecule has 0 spiro atoms. The van der Waals surface area contributed by atoms with Crippen LogP contribution in [0.15, 0.2) is 35.8 Å². The third-order valence-corrected chi connectivity index (χ3v) is 8.38. The van der Waals surface area contributed by atoms with Crippen molar-refractivity contribution in [3.05, 3.63) is 46.9 Å². The lowest BCUT2D eigenvalue weighted by molar-refractivity contribution is 0.0423. The number of halogens is 1. The summed E-state index contributed by atoms with van der Waals surface area (Å²) in [4.78, 5) is 4.68. The molecule has 0 aliphatic carbocycles. The summed E-state index contributed by atoms with van der Waals surface area (Å²) in [5.41, 5.74) is 1.55. The topological polar surface area (TPSA) is 36.3 Å². The van der Waals surface area contributed by atoms with E-state index in [9.17, 15) is 9.65 Å². The van der Waals surface area contributed by atoms with Crippen LogP contribution in [0.2, 0.25) is 0 Å². The highest BCUT2D eigenvalue weighted by Gasteiger charge is 2.36. The van der Waals surface area contributed by atoms with Gasteiger partial charge in [-0.25, -0.2) is 4.39 Å². The lowest BCUT2D eigenvalue weighted by Crippen LogP contribution is -2.47. The Bertz CT molecular complexity index is 937. The van der Waals surface area contributed by atoms with E-state index in [0.29, 0.717) is 40.0 Å². The number of piperidine rings is 1. The van der Waals surface area contributed by atoms with Crippen molar-refractivity contribution in [1.29, 1.82) is 5.26 Å². The number of ether oxygens (including phenoxy) is 1. The van der Waals surface area contributed by atoms with Gasteiger partial charge in [0.2, 0.25) is 6.36 Å². The highest BCUT2D eigenvalue weighted by atomic mass is 32.2. The Balaban J connectivity index is 2.33. The van der Waals surface area contributed by atoms with Crippen molar-refractivity contribution >= 4 is 16.7 Å². The Morgan fingerprint density at radius 3 is 2.61 bits per heavy atom. The van der Waals surface area contributed by atoms with Crippen LogP contribution in [0.1, 0.15) is 91.7 Å². The summed E-state index contributed by atoms with van der Waals surface area (Å²) in [5.74, 6) is 2.24. The van der Waals surface area contributed by atoms with Gasteiger partial charge in [0.25, 0.3) is 0 Å². The molecule has 0 saturated carbocycles. The molecule has 0 amide bonds. The molecule has 1 fully saturated rings. The zero-order chi connectivity index (χ0) is 26.9. The summed E-state index contributed by atoms with van der Waals surface area (Å²) >= 11 is 1.64. The molecule has 1 aromatic carbocycles. The average Bonchev–Trinajstić information content (AvgIpc) is 2.83. The van der Waals surface area contributed by atoms with Gasteiger partial charge < -0.3 is 4.74 Å². The second kappa shape index (κ2) is 14.2. The Morgan fingerprint density at radius 2 is 2.03 bits per heavy atom. The minimum Gasteiger partial charge on any atom is -0.460 e. The number of rotatable bonds is 13. The van der Waals surface area contributed by atoms with Crippen molar-refractivity contribution in [2.75, 3.05) is 19.6 Å². The largest absolute Gasteiger partial charge is 0.460 e. The SMILES string of the molecule is C=C(S/C(=C\C(C)CC)CN1CC(C(C)C)C[C@](C)(CCC)C1)c1cc(C#N)ccc1OC(F)CC. The first-order valence-corrected chi connectivity index (χ1v) is 14.5. The van der Waals surface area contributed by atoms with Gasteiger partial charge >= 0.3 is 0 Å². The number of nitrogens with zero attached hydrogens (tertiary/aromatic N) is 2. The third-order valence-electron chi connectivity index (χ3n) is 7.38. The van der Waals surface area contributed by atoms with Crippen LogP contribution in [0.3, 0.4) is 0 Å². The fourth-order valence-corrected chi connectivity index (χ4v) is 6.31. The molecule has 1 aliphatic rings. The number of nitriles is 1. The van der Waals surface area contributed by atoms with Crippen LogP contribution >= 0.6 is 11.8 Å². The molecule has 1 aliphatic heterocycles. The normalized spacial score (nSPS) is 22.8. The van der Waals surface area contributed by atoms with E-state index >= 15 is 0 Å². The number of hydrogen-bond donors (Lipinski definition) is 0. The third kappa shape index (κ3) is 8.96. The summed E-state index contributed by atoms with van der Waals surface area (Å²) in [6.45, 7) is 23.1. The van der Waals surface area contributed by atoms with Crippen LogP contribution in [-0.2, 0) is 0 Å². The highest BCUT2D eigenvalue weighted by Crippen LogP contribution is 2.42. The molecule has 1 heterocycles. The van der Waals surface area contributed by atoms with Gasteiger partial charge in [-0.2, -0.15) is 5.26 Å². The summed E-state index contributed by atoms with van der Waals surface area (Å²) < 4.78 is 19.7. The fourth-order valence-electron chi connectivity index (χ4n) is 5.18. The number of alkyl halides is 1. The lowest BCUT2D eigenvalue weighted by atomic mass is 9.71. The summed E-state index contributed by atoms with van der Waals surface area (Å²) in [6, 6.07) is 7.32. The fraction of sp³-hybridized carbons (Fsp3) is 0.645. The maximum absolute atomic E-state index is 14.1. The Morgan fingerprint density at radius 1 is 1.31 bits per heavy atom. The number of benzene rings is 1. The molecule has 1 saturated heterocycles. The van der Waals surface area contributed by atoms with E-state index in [0.717, 1.165) is 31.0 Å². The quantitative estimate of drug-likeness (QED) is 0.263. The zero-order valence-corrected chi connectivity index (χ0v) is 24.4. The molecule has 36 heavy (non-hydrogen) atoms. The molecule has 5 heteroatoms. The predicted octanol–water partition coefficient (Wildman–Crippen LogP) is 9.06. The van der Waals surface area contributed by atoms with Crippen LogP contribution in [0, 0.1) is 34.5 Å². The average molecular weight is 515 g/mol. The van der Waals surface area contributed by atoms with Crippen LogP contribution in [-0.4, -0.2) is 30.9 Å². The molecule has 4 atom stereocenters. The van der Waals surface area contributed by atoms with Gasteiger partial charge in [-0.05, 0) is 54.2 Å². The standard InChI is InChI=1S/C31H47FN2OS/c1-9-14-31(8)17-26(22(4)5)19-34(21-31)20-27(15-23(6)10-2)36-24(7)28-16-25(18-33)12-13-29(28)35-30(32)11-3/h12-13,15-16,22-23,26,30H,7,9-11,14,17,19-21H2,1-6,8H3/b27-15-/t23?,26?,30?,31-/m0/s1. The molecule has 0 radical (unpaired) electrons. The van der Waals surface area contributed by atoms with Gasteiger partial charge in [0.15, 0.2) is 0 Å². The molecule has 2 rings (SSSR count). The van der Waals surface area contributed by atoms with Gasteiger partial charge in [-0.3, -0.25) is 4.90 Å². The molecule has 3 nitrogen and oxygen atoms in total. The van der Waals surface area contributed by atoms with E-state index in [1.54, 1.807) is 36.9 Å². The maximum Gasteiger partial charge on any atom is 0.238 e. The van der Waals surface area contributed by atoms with E-state index in [-0.39, 0.29) is 6.42 Å². The van der Waals surface area contributed by atoms with E-state index in [2.05, 4.69) is 65.2 Å². The van der Waals surface area contributed by atoms with Crippen molar-refractivity contribution in [2.45, 2.75) is 86.9 Å². The van der Waals surface area contributed by atoms with Gasteiger partial charge in [0.05, 0.1) is 11.6 Å². The van der Waals surface area contributed by atoms with Crippen LogP contribution < -0.4 is 4.74 Å². The van der Waals surface area contributed by atoms with Gasteiger partial charge in [0, 0.05) is 41.4 Å². The number of allylic oxidation sites excluding steroid dienone is 1. The van der Waals surface area contributed by atoms with E-state index in [1.165, 1.54) is 24.2 Å². The van der Waals surface area contributed by atoms with Crippen molar-refractivity contribution in [3.8, 4) is 11.8 Å². The second-order valence-electron chi connectivity index (χ2n) is 11.2. The minimum absolute atomic E-state index is 0.265. The summed E-state index contributed by atoms with van der Waals surface area (Å²) in [6.07, 6.45) is 6.06. The van der Waals surface area contributed by atoms with Crippen LogP contribution in [0.25, 0.3) is 4.91 Å². The molecular weight excluding hydrogens is 467 g/mol. The number of thioether (sulfide) groups is 1. The van der Waals surface area contributed by atoms with E-state index < -0.39 is 6.36 Å². The van der Waals surface area contributed by atoms with E-state index in [1.807, 2.05) is 0 Å². The first-order valence-electron chi connectivity index (χ1n) is 13.7. The Hall–Kier alpha value is -1.77. The first kappa shape index (κ1) is 30.5. The molecule has 0 N–H and O–H groups in total. The highest BCUT2D eigenvalue weighted by molar-refractivity contribution is 8.11. The zero-order valence-electron chi connectivity index (χ0n) is 23.6. The predicted molar refractivity (Wildman–Crippen MR) is 154 cm³/mol. The van der Waals surface area contributed by atoms with Crippen molar-refractivity contribution in [3.63, 3.8) is 0 Å². The molecular formula is C31H47FN2OS. The molecule has 3 unspecified atom stereocenters. The minimum atomic E-state index is -1.39. The Kier molecular flexibility index (Phi) is 12.0. The second-order valence-corrected chi connectivity index (χ2v) is 12.5. The summed E-state index contributed by atoms with van der Waals surface area (Å²) in [7, 11) is 0. The van der Waals surface area contributed by atoms with Gasteiger partial charge in [-0.1, -0.05) is 85.7 Å². The maximum atomic E-state index is 14.1. The lowest BCUT2D eigenvalue weighted by Gasteiger charge is -2.46. The van der Waals surface area contributed by atoms with Crippen LogP contribution in [0.5, 0.6) is 5.75 Å². The molecule has 0 bridgehead atoms. The molecule has 0 aromatic heterocycles. The number of likely N-dealkylation sites (tertiary alicyclic amines) is 1. The summed E-state index contributed by atoms with van der Waals surface area (Å²) in [5, 5.41) is 9.45. The first-order chi connectivity index (χ1) is 17.0. The number of hydrogen-bond acceptors (Lipinski definition) is 4.